The number of hydrogen-bond acceptors (Lipinski definition) is 5. The average molecular weight is 554 g/mol. The van der Waals surface area contributed by atoms with Gasteiger partial charge in [0.1, 0.15) is 11.6 Å². The lowest BCUT2D eigenvalue weighted by Gasteiger charge is -2.12. The average Bonchev–Trinajstić information content (AvgIpc) is 3.58. The van der Waals surface area contributed by atoms with E-state index in [1.165, 1.54) is 24.2 Å². The van der Waals surface area contributed by atoms with E-state index in [9.17, 15) is 22.4 Å². The maximum absolute atomic E-state index is 14.0. The maximum Gasteiger partial charge on any atom is 0.416 e. The molecular formula is C28H23F4N5OS. The molecule has 0 bridgehead atoms. The number of nitrogens with two attached hydrogens (primary N) is 1. The largest absolute Gasteiger partial charge is 0.416 e. The lowest BCUT2D eigenvalue weighted by Crippen LogP contribution is -2.20. The standard InChI is InChI=1S/C28H23F4N5OS/c29-22-10-7-19(28(30,31)32)14-23(22)36-27(38)35-20-8-5-17(6-9-20)21-16-39-25-18(15-34-26(33)24(21)25)4-3-13-37-11-1-2-12-37/h5-10,14-16H,1-2,11-13H2,(H2,33,34)(H2,35,36,38). The van der Waals surface area contributed by atoms with Gasteiger partial charge in [-0.2, -0.15) is 13.2 Å². The molecular weight excluding hydrogens is 530 g/mol. The lowest BCUT2D eigenvalue weighted by molar-refractivity contribution is -0.137. The molecule has 2 aromatic heterocycles. The number of anilines is 3. The van der Waals surface area contributed by atoms with Gasteiger partial charge in [0.15, 0.2) is 0 Å². The molecule has 6 nitrogen and oxygen atoms in total. The van der Waals surface area contributed by atoms with Crippen LogP contribution in [-0.2, 0) is 6.18 Å². The Balaban J connectivity index is 1.31. The van der Waals surface area contributed by atoms with E-state index >= 15 is 0 Å². The number of fused-ring (bicyclic) bond motifs is 1. The van der Waals surface area contributed by atoms with Crippen LogP contribution in [0.3, 0.4) is 0 Å². The van der Waals surface area contributed by atoms with Gasteiger partial charge in [-0.1, -0.05) is 24.0 Å². The van der Waals surface area contributed by atoms with Crippen molar-refractivity contribution in [3.8, 4) is 23.0 Å². The molecule has 0 saturated carbocycles. The summed E-state index contributed by atoms with van der Waals surface area (Å²) in [5.41, 5.74) is 7.45. The predicted octanol–water partition coefficient (Wildman–Crippen LogP) is 6.79. The second-order valence-corrected chi connectivity index (χ2v) is 9.92. The molecule has 4 N–H and O–H groups in total. The maximum atomic E-state index is 14.0. The molecule has 1 fully saturated rings. The fourth-order valence-electron chi connectivity index (χ4n) is 4.37. The van der Waals surface area contributed by atoms with Gasteiger partial charge in [-0.25, -0.2) is 14.2 Å². The molecule has 4 aromatic rings. The zero-order valence-electron chi connectivity index (χ0n) is 20.5. The number of aromatic nitrogens is 1. The van der Waals surface area contributed by atoms with E-state index in [4.69, 9.17) is 5.73 Å². The highest BCUT2D eigenvalue weighted by Gasteiger charge is 2.31. The number of thiophene rings is 1. The number of likely N-dealkylation sites (tertiary alicyclic amines) is 1. The Hall–Kier alpha value is -4.14. The zero-order chi connectivity index (χ0) is 27.6. The van der Waals surface area contributed by atoms with E-state index in [1.54, 1.807) is 30.5 Å². The molecule has 0 unspecified atom stereocenters. The summed E-state index contributed by atoms with van der Waals surface area (Å²) in [6, 6.07) is 7.73. The smallest absolute Gasteiger partial charge is 0.383 e. The van der Waals surface area contributed by atoms with Crippen LogP contribution < -0.4 is 16.4 Å². The minimum Gasteiger partial charge on any atom is -0.383 e. The molecule has 1 aliphatic heterocycles. The Kier molecular flexibility index (Phi) is 7.41. The van der Waals surface area contributed by atoms with Crippen molar-refractivity contribution in [1.29, 1.82) is 0 Å². The second kappa shape index (κ2) is 10.9. The summed E-state index contributed by atoms with van der Waals surface area (Å²) in [4.78, 5) is 19.0. The van der Waals surface area contributed by atoms with Crippen LogP contribution in [0.1, 0.15) is 24.0 Å². The van der Waals surface area contributed by atoms with Crippen LogP contribution in [-0.4, -0.2) is 35.5 Å². The molecule has 3 heterocycles. The van der Waals surface area contributed by atoms with Gasteiger partial charge >= 0.3 is 12.2 Å². The summed E-state index contributed by atoms with van der Waals surface area (Å²) in [6.07, 6.45) is -0.566. The second-order valence-electron chi connectivity index (χ2n) is 9.04. The summed E-state index contributed by atoms with van der Waals surface area (Å²) in [6.45, 7) is 2.86. The number of alkyl halides is 3. The molecule has 0 aliphatic carbocycles. The summed E-state index contributed by atoms with van der Waals surface area (Å²) >= 11 is 1.52. The normalized spacial score (nSPS) is 13.7. The van der Waals surface area contributed by atoms with Crippen LogP contribution >= 0.6 is 11.3 Å². The van der Waals surface area contributed by atoms with Crippen molar-refractivity contribution in [3.63, 3.8) is 0 Å². The van der Waals surface area contributed by atoms with Crippen molar-refractivity contribution in [2.45, 2.75) is 19.0 Å². The third kappa shape index (κ3) is 5.97. The third-order valence-corrected chi connectivity index (χ3v) is 7.36. The number of rotatable bonds is 4. The highest BCUT2D eigenvalue weighted by atomic mass is 32.1. The Bertz CT molecular complexity index is 1580. The van der Waals surface area contributed by atoms with Crippen molar-refractivity contribution < 1.29 is 22.4 Å². The Morgan fingerprint density at radius 1 is 1.10 bits per heavy atom. The van der Waals surface area contributed by atoms with Crippen LogP contribution in [0.25, 0.3) is 21.2 Å². The molecule has 1 aliphatic rings. The molecule has 0 spiro atoms. The first kappa shape index (κ1) is 26.5. The third-order valence-electron chi connectivity index (χ3n) is 6.34. The first-order chi connectivity index (χ1) is 18.7. The van der Waals surface area contributed by atoms with E-state index in [0.29, 0.717) is 36.2 Å². The van der Waals surface area contributed by atoms with E-state index in [0.717, 1.165) is 39.9 Å². The minimum atomic E-state index is -4.66. The summed E-state index contributed by atoms with van der Waals surface area (Å²) in [5.74, 6) is 5.87. The molecule has 0 atom stereocenters. The predicted molar refractivity (Wildman–Crippen MR) is 146 cm³/mol. The molecule has 2 amide bonds. The Labute approximate surface area is 225 Å². The number of pyridine rings is 1. The number of halogens is 4. The van der Waals surface area contributed by atoms with Crippen LogP contribution in [0.4, 0.5) is 39.5 Å². The molecule has 0 radical (unpaired) electrons. The molecule has 5 rings (SSSR count). The van der Waals surface area contributed by atoms with E-state index in [-0.39, 0.29) is 0 Å². The molecule has 2 aromatic carbocycles. The van der Waals surface area contributed by atoms with Crippen molar-refractivity contribution in [2.75, 3.05) is 36.0 Å². The Morgan fingerprint density at radius 2 is 1.85 bits per heavy atom. The van der Waals surface area contributed by atoms with Gasteiger partial charge in [0.2, 0.25) is 0 Å². The van der Waals surface area contributed by atoms with Crippen LogP contribution in [0.5, 0.6) is 0 Å². The van der Waals surface area contributed by atoms with E-state index < -0.39 is 29.3 Å². The van der Waals surface area contributed by atoms with Gasteiger partial charge in [-0.15, -0.1) is 11.3 Å². The quantitative estimate of drug-likeness (QED) is 0.192. The van der Waals surface area contributed by atoms with Crippen LogP contribution in [0.2, 0.25) is 0 Å². The first-order valence-corrected chi connectivity index (χ1v) is 13.0. The summed E-state index contributed by atoms with van der Waals surface area (Å²) in [5, 5.41) is 7.39. The van der Waals surface area contributed by atoms with Gasteiger partial charge in [0, 0.05) is 22.8 Å². The van der Waals surface area contributed by atoms with Crippen LogP contribution in [0, 0.1) is 17.7 Å². The SMILES string of the molecule is Nc1ncc(C#CCN2CCCC2)c2scc(-c3ccc(NC(=O)Nc4cc(C(F)(F)F)ccc4F)cc3)c12. The van der Waals surface area contributed by atoms with E-state index in [2.05, 4.69) is 32.4 Å². The van der Waals surface area contributed by atoms with Crippen molar-refractivity contribution in [1.82, 2.24) is 9.88 Å². The Morgan fingerprint density at radius 3 is 2.56 bits per heavy atom. The van der Waals surface area contributed by atoms with Crippen molar-refractivity contribution >= 4 is 44.6 Å². The number of urea groups is 1. The number of benzene rings is 2. The van der Waals surface area contributed by atoms with Gasteiger partial charge < -0.3 is 16.4 Å². The summed E-state index contributed by atoms with van der Waals surface area (Å²) in [7, 11) is 0. The lowest BCUT2D eigenvalue weighted by atomic mass is 10.0. The molecule has 200 valence electrons. The number of hydrogen-bond donors (Lipinski definition) is 3. The van der Waals surface area contributed by atoms with Crippen LogP contribution in [0.15, 0.2) is 54.0 Å². The van der Waals surface area contributed by atoms with E-state index in [1.807, 2.05) is 5.38 Å². The van der Waals surface area contributed by atoms with Gasteiger partial charge in [-0.05, 0) is 67.2 Å². The summed E-state index contributed by atoms with van der Waals surface area (Å²) < 4.78 is 53.7. The minimum absolute atomic E-state index is 0.364. The fourth-order valence-corrected chi connectivity index (χ4v) is 5.42. The topological polar surface area (TPSA) is 83.3 Å². The first-order valence-electron chi connectivity index (χ1n) is 12.1. The number of carbonyl (C=O) groups is 1. The number of nitrogens with zero attached hydrogens (tertiary/aromatic N) is 2. The fraction of sp³-hybridized carbons (Fsp3) is 0.214. The van der Waals surface area contributed by atoms with Crippen molar-refractivity contribution in [2.24, 2.45) is 0 Å². The monoisotopic (exact) mass is 553 g/mol. The number of carbonyl (C=O) groups excluding carboxylic acids is 1. The number of nitrogen functional groups attached to an aromatic ring is 1. The highest BCUT2D eigenvalue weighted by Crippen LogP contribution is 2.38. The molecule has 11 heteroatoms. The van der Waals surface area contributed by atoms with Crippen molar-refractivity contribution in [3.05, 3.63) is 71.0 Å². The highest BCUT2D eigenvalue weighted by molar-refractivity contribution is 7.18. The van der Waals surface area contributed by atoms with Gasteiger partial charge in [0.25, 0.3) is 0 Å². The van der Waals surface area contributed by atoms with Gasteiger partial charge in [-0.3, -0.25) is 4.90 Å². The molecule has 1 saturated heterocycles. The zero-order valence-corrected chi connectivity index (χ0v) is 21.3. The van der Waals surface area contributed by atoms with Gasteiger partial charge in [0.05, 0.1) is 28.1 Å². The number of nitrogens with one attached hydrogen (secondary N) is 2. The number of amides is 2. The molecule has 39 heavy (non-hydrogen) atoms.